The van der Waals surface area contributed by atoms with E-state index in [1.54, 1.807) is 0 Å². The van der Waals surface area contributed by atoms with Crippen molar-refractivity contribution in [1.29, 1.82) is 0 Å². The summed E-state index contributed by atoms with van der Waals surface area (Å²) in [4.78, 5) is 31.2. The molecule has 0 aliphatic heterocycles. The van der Waals surface area contributed by atoms with Gasteiger partial charge in [-0.15, -0.1) is 0 Å². The predicted molar refractivity (Wildman–Crippen MR) is 48.9 cm³/mol. The molecule has 0 aromatic heterocycles. The zero-order valence-corrected chi connectivity index (χ0v) is 7.84. The van der Waals surface area contributed by atoms with Crippen LogP contribution in [0.3, 0.4) is 0 Å². The van der Waals surface area contributed by atoms with E-state index in [9.17, 15) is 14.4 Å². The third-order valence-electron chi connectivity index (χ3n) is 1.10. The van der Waals surface area contributed by atoms with Crippen molar-refractivity contribution in [2.24, 2.45) is 0 Å². The van der Waals surface area contributed by atoms with Gasteiger partial charge in [-0.3, -0.25) is 0 Å². The molecular formula is C9H10O6. The van der Waals surface area contributed by atoms with Gasteiger partial charge >= 0.3 is 17.9 Å². The molecule has 0 spiro atoms. The number of carboxylic acids is 1. The topological polar surface area (TPSA) is 89.9 Å². The second-order valence-electron chi connectivity index (χ2n) is 2.21. The van der Waals surface area contributed by atoms with Gasteiger partial charge in [-0.1, -0.05) is 6.58 Å². The second kappa shape index (κ2) is 7.31. The van der Waals surface area contributed by atoms with E-state index < -0.39 is 17.9 Å². The first-order chi connectivity index (χ1) is 7.06. The number of rotatable bonds is 6. The first-order valence-corrected chi connectivity index (χ1v) is 3.93. The molecule has 82 valence electrons. The summed E-state index contributed by atoms with van der Waals surface area (Å²) in [6, 6.07) is 0. The van der Waals surface area contributed by atoms with Crippen molar-refractivity contribution < 1.29 is 29.0 Å². The van der Waals surface area contributed by atoms with E-state index in [1.807, 2.05) is 0 Å². The Morgan fingerprint density at radius 3 is 2.07 bits per heavy atom. The molecule has 6 nitrogen and oxygen atoms in total. The zero-order valence-electron chi connectivity index (χ0n) is 7.84. The Bertz CT molecular complexity index is 291. The summed E-state index contributed by atoms with van der Waals surface area (Å²) in [6.07, 6.45) is 2.39. The third-order valence-corrected chi connectivity index (χ3v) is 1.10. The average molecular weight is 214 g/mol. The monoisotopic (exact) mass is 214 g/mol. The molecule has 0 aliphatic carbocycles. The van der Waals surface area contributed by atoms with Gasteiger partial charge in [-0.25, -0.2) is 14.4 Å². The van der Waals surface area contributed by atoms with Gasteiger partial charge in [-0.05, 0) is 0 Å². The highest BCUT2D eigenvalue weighted by atomic mass is 16.6. The van der Waals surface area contributed by atoms with Gasteiger partial charge in [0.25, 0.3) is 0 Å². The Labute approximate surface area is 85.8 Å². The number of hydrogen-bond acceptors (Lipinski definition) is 5. The lowest BCUT2D eigenvalue weighted by molar-refractivity contribution is -0.146. The number of esters is 2. The first kappa shape index (κ1) is 12.9. The first-order valence-electron chi connectivity index (χ1n) is 3.93. The van der Waals surface area contributed by atoms with E-state index in [-0.39, 0.29) is 13.2 Å². The maximum Gasteiger partial charge on any atom is 0.331 e. The lowest BCUT2D eigenvalue weighted by atomic mass is 10.5. The highest BCUT2D eigenvalue weighted by Crippen LogP contribution is 1.85. The van der Waals surface area contributed by atoms with Crippen LogP contribution in [0.15, 0.2) is 24.8 Å². The maximum atomic E-state index is 10.7. The van der Waals surface area contributed by atoms with Gasteiger partial charge in [0.05, 0.1) is 0 Å². The number of aliphatic carboxylic acids is 1. The smallest absolute Gasteiger partial charge is 0.331 e. The Morgan fingerprint density at radius 1 is 1.07 bits per heavy atom. The van der Waals surface area contributed by atoms with E-state index in [4.69, 9.17) is 5.11 Å². The van der Waals surface area contributed by atoms with Gasteiger partial charge in [0.2, 0.25) is 0 Å². The molecule has 0 aliphatic rings. The van der Waals surface area contributed by atoms with Crippen LogP contribution in [0.4, 0.5) is 0 Å². The fourth-order valence-corrected chi connectivity index (χ4v) is 0.531. The fourth-order valence-electron chi connectivity index (χ4n) is 0.531. The fraction of sp³-hybridized carbons (Fsp3) is 0.222. The molecule has 0 radical (unpaired) electrons. The largest absolute Gasteiger partial charge is 0.478 e. The molecule has 0 saturated heterocycles. The molecular weight excluding hydrogens is 204 g/mol. The number of carbonyl (C=O) groups excluding carboxylic acids is 2. The van der Waals surface area contributed by atoms with Crippen molar-refractivity contribution in [3.63, 3.8) is 0 Å². The summed E-state index contributed by atoms with van der Waals surface area (Å²) in [5.41, 5.74) is 0. The molecule has 0 heterocycles. The minimum Gasteiger partial charge on any atom is -0.478 e. The summed E-state index contributed by atoms with van der Waals surface area (Å²) in [5, 5.41) is 8.16. The quantitative estimate of drug-likeness (QED) is 0.377. The highest BCUT2D eigenvalue weighted by Gasteiger charge is 1.99. The van der Waals surface area contributed by atoms with Crippen molar-refractivity contribution in [3.05, 3.63) is 24.8 Å². The molecule has 0 aromatic rings. The summed E-state index contributed by atoms with van der Waals surface area (Å²) in [7, 11) is 0. The number of carboxylic acid groups (broad SMARTS) is 1. The van der Waals surface area contributed by atoms with Crippen LogP contribution in [0.2, 0.25) is 0 Å². The minimum absolute atomic E-state index is 0.0997. The van der Waals surface area contributed by atoms with Crippen LogP contribution < -0.4 is 0 Å². The zero-order chi connectivity index (χ0) is 11.7. The van der Waals surface area contributed by atoms with Crippen molar-refractivity contribution in [2.45, 2.75) is 0 Å². The summed E-state index contributed by atoms with van der Waals surface area (Å²) in [6.45, 7) is 2.93. The minimum atomic E-state index is -1.25. The van der Waals surface area contributed by atoms with Gasteiger partial charge in [0, 0.05) is 18.2 Å². The van der Waals surface area contributed by atoms with Crippen LogP contribution in [-0.4, -0.2) is 36.2 Å². The van der Waals surface area contributed by atoms with Gasteiger partial charge in [0.15, 0.2) is 0 Å². The van der Waals surface area contributed by atoms with Crippen LogP contribution in [0.25, 0.3) is 0 Å². The van der Waals surface area contributed by atoms with Gasteiger partial charge in [0.1, 0.15) is 13.2 Å². The molecule has 0 atom stereocenters. The van der Waals surface area contributed by atoms with E-state index in [0.717, 1.165) is 12.2 Å². The highest BCUT2D eigenvalue weighted by molar-refractivity contribution is 5.90. The Kier molecular flexibility index (Phi) is 6.28. The normalized spacial score (nSPS) is 9.60. The molecule has 1 N–H and O–H groups in total. The Morgan fingerprint density at radius 2 is 1.60 bits per heavy atom. The summed E-state index contributed by atoms with van der Waals surface area (Å²) in [5.74, 6) is -2.68. The predicted octanol–water partition coefficient (Wildman–Crippen LogP) is -0.100. The molecule has 0 fully saturated rings. The van der Waals surface area contributed by atoms with Crippen LogP contribution in [0.1, 0.15) is 0 Å². The number of ether oxygens (including phenoxy) is 2. The van der Waals surface area contributed by atoms with E-state index >= 15 is 0 Å². The van der Waals surface area contributed by atoms with Crippen LogP contribution in [0, 0.1) is 0 Å². The molecule has 0 saturated carbocycles. The lowest BCUT2D eigenvalue weighted by Gasteiger charge is -2.01. The van der Waals surface area contributed by atoms with Crippen LogP contribution in [0.5, 0.6) is 0 Å². The van der Waals surface area contributed by atoms with Crippen LogP contribution in [-0.2, 0) is 23.9 Å². The molecule has 0 bridgehead atoms. The molecule has 0 unspecified atom stereocenters. The molecule has 15 heavy (non-hydrogen) atoms. The van der Waals surface area contributed by atoms with Crippen molar-refractivity contribution in [1.82, 2.24) is 0 Å². The van der Waals surface area contributed by atoms with Gasteiger partial charge in [-0.2, -0.15) is 0 Å². The number of carbonyl (C=O) groups is 3. The average Bonchev–Trinajstić information content (AvgIpc) is 2.21. The van der Waals surface area contributed by atoms with Crippen molar-refractivity contribution in [2.75, 3.05) is 13.2 Å². The molecule has 0 aromatic carbocycles. The van der Waals surface area contributed by atoms with Crippen molar-refractivity contribution in [3.8, 4) is 0 Å². The van der Waals surface area contributed by atoms with Crippen molar-refractivity contribution >= 4 is 17.9 Å². The Hall–Kier alpha value is -2.11. The molecule has 6 heteroatoms. The second-order valence-corrected chi connectivity index (χ2v) is 2.21. The number of hydrogen-bond donors (Lipinski definition) is 1. The summed E-state index contributed by atoms with van der Waals surface area (Å²) < 4.78 is 8.98. The maximum absolute atomic E-state index is 10.7. The summed E-state index contributed by atoms with van der Waals surface area (Å²) >= 11 is 0. The Balaban J connectivity index is 3.60. The van der Waals surface area contributed by atoms with E-state index in [0.29, 0.717) is 6.08 Å². The SMILES string of the molecule is C=CC(=O)OCCOC(=O)/C=C/C(=O)O. The standard InChI is InChI=1S/C9H10O6/c1-2-8(12)14-5-6-15-9(13)4-3-7(10)11/h2-4H,1,5-6H2,(H,10,11)/b4-3+. The lowest BCUT2D eigenvalue weighted by Crippen LogP contribution is -2.11. The third kappa shape index (κ3) is 8.23. The van der Waals surface area contributed by atoms with E-state index in [1.165, 1.54) is 0 Å². The van der Waals surface area contributed by atoms with Gasteiger partial charge < -0.3 is 14.6 Å². The molecule has 0 rings (SSSR count). The van der Waals surface area contributed by atoms with Crippen LogP contribution >= 0.6 is 0 Å². The van der Waals surface area contributed by atoms with E-state index in [2.05, 4.69) is 16.1 Å². The molecule has 0 amide bonds.